The van der Waals surface area contributed by atoms with Crippen molar-refractivity contribution in [2.75, 3.05) is 49.6 Å². The fourth-order valence-electron chi connectivity index (χ4n) is 5.04. The molecule has 1 fully saturated rings. The monoisotopic (exact) mass is 439 g/mol. The summed E-state index contributed by atoms with van der Waals surface area (Å²) in [6.07, 6.45) is 3.12. The maximum Gasteiger partial charge on any atom is 0.255 e. The molecule has 0 unspecified atom stereocenters. The summed E-state index contributed by atoms with van der Waals surface area (Å²) in [5.74, 6) is 2.29. The number of aromatic amines is 1. The molecule has 0 bridgehead atoms. The van der Waals surface area contributed by atoms with Gasteiger partial charge in [0.15, 0.2) is 0 Å². The minimum Gasteiger partial charge on any atom is -0.496 e. The Kier molecular flexibility index (Phi) is 7.04. The van der Waals surface area contributed by atoms with Crippen LogP contribution in [-0.2, 0) is 19.5 Å². The number of nitrogens with zero attached hydrogens (tertiary/aromatic N) is 4. The largest absolute Gasteiger partial charge is 0.496 e. The van der Waals surface area contributed by atoms with E-state index in [0.29, 0.717) is 12.5 Å². The van der Waals surface area contributed by atoms with Crippen LogP contribution in [0.2, 0.25) is 0 Å². The maximum atomic E-state index is 12.8. The SMILES string of the molecule is CCN(CC)c1ccc(CN2CCc3c(nc(N4CCC[C@@H](C)C4)[nH]c3=O)C2)c(OC)c1. The van der Waals surface area contributed by atoms with Gasteiger partial charge in [0.25, 0.3) is 5.56 Å². The molecule has 32 heavy (non-hydrogen) atoms. The highest BCUT2D eigenvalue weighted by molar-refractivity contribution is 5.54. The predicted molar refractivity (Wildman–Crippen MR) is 130 cm³/mol. The summed E-state index contributed by atoms with van der Waals surface area (Å²) in [6, 6.07) is 6.49. The van der Waals surface area contributed by atoms with Crippen LogP contribution >= 0.6 is 0 Å². The third-order valence-electron chi connectivity index (χ3n) is 6.89. The quantitative estimate of drug-likeness (QED) is 0.713. The fraction of sp³-hybridized carbons (Fsp3) is 0.600. The standard InChI is InChI=1S/C25H37N5O2/c1-5-29(6-2)20-10-9-19(23(14-20)32-4)16-28-13-11-21-22(17-28)26-25(27-24(21)31)30-12-7-8-18(3)15-30/h9-10,14,18H,5-8,11-13,15-17H2,1-4H3,(H,26,27,31)/t18-/m1/s1. The van der Waals surface area contributed by atoms with Gasteiger partial charge in [-0.05, 0) is 45.1 Å². The first-order valence-electron chi connectivity index (χ1n) is 12.0. The molecule has 1 atom stereocenters. The summed E-state index contributed by atoms with van der Waals surface area (Å²) >= 11 is 0. The van der Waals surface area contributed by atoms with E-state index in [4.69, 9.17) is 9.72 Å². The van der Waals surface area contributed by atoms with E-state index >= 15 is 0 Å². The van der Waals surface area contributed by atoms with Crippen LogP contribution in [0.25, 0.3) is 0 Å². The molecule has 7 nitrogen and oxygen atoms in total. The normalized spacial score (nSPS) is 19.0. The Morgan fingerprint density at radius 3 is 2.78 bits per heavy atom. The van der Waals surface area contributed by atoms with Crippen molar-refractivity contribution in [2.45, 2.75) is 53.1 Å². The van der Waals surface area contributed by atoms with E-state index in [1.54, 1.807) is 7.11 Å². The van der Waals surface area contributed by atoms with Crippen LogP contribution in [0, 0.1) is 5.92 Å². The van der Waals surface area contributed by atoms with Crippen LogP contribution in [0.3, 0.4) is 0 Å². The number of methoxy groups -OCH3 is 1. The van der Waals surface area contributed by atoms with Gasteiger partial charge in [0, 0.05) is 68.7 Å². The second kappa shape index (κ2) is 9.94. The van der Waals surface area contributed by atoms with Crippen LogP contribution in [0.5, 0.6) is 5.75 Å². The van der Waals surface area contributed by atoms with Crippen molar-refractivity contribution in [3.8, 4) is 5.75 Å². The minimum absolute atomic E-state index is 0.0315. The molecular formula is C25H37N5O2. The molecule has 7 heteroatoms. The Balaban J connectivity index is 1.52. The molecule has 0 aliphatic carbocycles. The lowest BCUT2D eigenvalue weighted by Gasteiger charge is -2.33. The lowest BCUT2D eigenvalue weighted by Crippen LogP contribution is -2.39. The number of hydrogen-bond donors (Lipinski definition) is 1. The van der Waals surface area contributed by atoms with Gasteiger partial charge in [-0.3, -0.25) is 14.7 Å². The average molecular weight is 440 g/mol. The molecule has 1 saturated heterocycles. The van der Waals surface area contributed by atoms with E-state index in [9.17, 15) is 4.79 Å². The van der Waals surface area contributed by atoms with Crippen molar-refractivity contribution in [2.24, 2.45) is 5.92 Å². The summed E-state index contributed by atoms with van der Waals surface area (Å²) in [4.78, 5) is 27.7. The number of rotatable bonds is 7. The molecule has 1 N–H and O–H groups in total. The Labute approximate surface area is 191 Å². The van der Waals surface area contributed by atoms with Crippen molar-refractivity contribution in [3.05, 3.63) is 45.4 Å². The minimum atomic E-state index is 0.0315. The summed E-state index contributed by atoms with van der Waals surface area (Å²) in [5, 5.41) is 0. The van der Waals surface area contributed by atoms with Gasteiger partial charge in [-0.25, -0.2) is 4.98 Å². The first-order valence-corrected chi connectivity index (χ1v) is 12.0. The zero-order valence-electron chi connectivity index (χ0n) is 20.0. The first-order chi connectivity index (χ1) is 15.5. The molecule has 1 aromatic carbocycles. The molecule has 1 aromatic heterocycles. The highest BCUT2D eigenvalue weighted by Gasteiger charge is 2.25. The molecule has 2 aromatic rings. The zero-order valence-corrected chi connectivity index (χ0v) is 20.0. The Hall–Kier alpha value is -2.54. The van der Waals surface area contributed by atoms with E-state index in [1.807, 2.05) is 0 Å². The maximum absolute atomic E-state index is 12.8. The smallest absolute Gasteiger partial charge is 0.255 e. The molecule has 2 aliphatic heterocycles. The van der Waals surface area contributed by atoms with Crippen molar-refractivity contribution < 1.29 is 4.74 Å². The number of anilines is 2. The van der Waals surface area contributed by atoms with Crippen LogP contribution in [-0.4, -0.2) is 54.7 Å². The molecule has 2 aliphatic rings. The zero-order chi connectivity index (χ0) is 22.7. The molecule has 4 rings (SSSR count). The number of piperidine rings is 1. The number of hydrogen-bond acceptors (Lipinski definition) is 6. The summed E-state index contributed by atoms with van der Waals surface area (Å²) in [6.45, 7) is 12.8. The van der Waals surface area contributed by atoms with E-state index in [1.165, 1.54) is 17.7 Å². The van der Waals surface area contributed by atoms with E-state index in [-0.39, 0.29) is 5.56 Å². The van der Waals surface area contributed by atoms with Gasteiger partial charge < -0.3 is 14.5 Å². The molecule has 0 amide bonds. The Bertz CT molecular complexity index is 985. The highest BCUT2D eigenvalue weighted by Crippen LogP contribution is 2.28. The summed E-state index contributed by atoms with van der Waals surface area (Å²) in [7, 11) is 1.74. The first kappa shape index (κ1) is 22.6. The molecule has 0 radical (unpaired) electrons. The lowest BCUT2D eigenvalue weighted by atomic mass is 10.0. The topological polar surface area (TPSA) is 64.7 Å². The van der Waals surface area contributed by atoms with Crippen molar-refractivity contribution in [3.63, 3.8) is 0 Å². The van der Waals surface area contributed by atoms with Gasteiger partial charge in [-0.15, -0.1) is 0 Å². The Morgan fingerprint density at radius 1 is 1.25 bits per heavy atom. The van der Waals surface area contributed by atoms with Crippen LogP contribution in [0.15, 0.2) is 23.0 Å². The lowest BCUT2D eigenvalue weighted by molar-refractivity contribution is 0.237. The molecule has 0 spiro atoms. The van der Waals surface area contributed by atoms with E-state index < -0.39 is 0 Å². The molecule has 0 saturated carbocycles. The number of H-pyrrole nitrogens is 1. The second-order valence-corrected chi connectivity index (χ2v) is 9.14. The van der Waals surface area contributed by atoms with Gasteiger partial charge in [0.05, 0.1) is 12.8 Å². The van der Waals surface area contributed by atoms with Gasteiger partial charge >= 0.3 is 0 Å². The number of ether oxygens (including phenoxy) is 1. The third-order valence-corrected chi connectivity index (χ3v) is 6.89. The van der Waals surface area contributed by atoms with Crippen LogP contribution < -0.4 is 20.1 Å². The molecule has 3 heterocycles. The predicted octanol–water partition coefficient (Wildman–Crippen LogP) is 3.42. The highest BCUT2D eigenvalue weighted by atomic mass is 16.5. The van der Waals surface area contributed by atoms with Crippen LogP contribution in [0.1, 0.15) is 50.4 Å². The number of aromatic nitrogens is 2. The fourth-order valence-corrected chi connectivity index (χ4v) is 5.04. The third kappa shape index (κ3) is 4.77. The van der Waals surface area contributed by atoms with Gasteiger partial charge in [-0.2, -0.15) is 0 Å². The van der Waals surface area contributed by atoms with Crippen molar-refractivity contribution >= 4 is 11.6 Å². The second-order valence-electron chi connectivity index (χ2n) is 9.14. The van der Waals surface area contributed by atoms with E-state index in [2.05, 4.69) is 58.7 Å². The number of benzene rings is 1. The summed E-state index contributed by atoms with van der Waals surface area (Å²) in [5.41, 5.74) is 4.16. The molecular weight excluding hydrogens is 402 g/mol. The van der Waals surface area contributed by atoms with E-state index in [0.717, 1.165) is 75.1 Å². The van der Waals surface area contributed by atoms with Crippen molar-refractivity contribution in [1.82, 2.24) is 14.9 Å². The van der Waals surface area contributed by atoms with Crippen LogP contribution in [0.4, 0.5) is 11.6 Å². The Morgan fingerprint density at radius 2 is 2.06 bits per heavy atom. The average Bonchev–Trinajstić information content (AvgIpc) is 2.80. The van der Waals surface area contributed by atoms with Crippen molar-refractivity contribution in [1.29, 1.82) is 0 Å². The van der Waals surface area contributed by atoms with Gasteiger partial charge in [0.1, 0.15) is 5.75 Å². The molecule has 174 valence electrons. The number of nitrogens with one attached hydrogen (secondary N) is 1. The number of fused-ring (bicyclic) bond motifs is 1. The van der Waals surface area contributed by atoms with Gasteiger partial charge in [-0.1, -0.05) is 13.0 Å². The van der Waals surface area contributed by atoms with Gasteiger partial charge in [0.2, 0.25) is 5.95 Å². The summed E-state index contributed by atoms with van der Waals surface area (Å²) < 4.78 is 5.73.